The molecule has 0 amide bonds. The fourth-order valence-electron chi connectivity index (χ4n) is 4.48. The van der Waals surface area contributed by atoms with Crippen molar-refractivity contribution in [2.24, 2.45) is 19.5 Å². The van der Waals surface area contributed by atoms with E-state index in [1.165, 1.54) is 11.6 Å². The molecule has 1 aliphatic carbocycles. The van der Waals surface area contributed by atoms with Gasteiger partial charge >= 0.3 is 5.69 Å². The molecule has 0 bridgehead atoms. The van der Waals surface area contributed by atoms with Crippen LogP contribution in [0.1, 0.15) is 43.7 Å². The van der Waals surface area contributed by atoms with E-state index in [2.05, 4.69) is 19.2 Å². The Morgan fingerprint density at radius 1 is 1.03 bits per heavy atom. The third-order valence-electron chi connectivity index (χ3n) is 5.92. The Balaban J connectivity index is 2.04. The van der Waals surface area contributed by atoms with Gasteiger partial charge in [-0.15, -0.1) is 0 Å². The molecule has 29 heavy (non-hydrogen) atoms. The number of aromatic nitrogens is 2. The minimum atomic E-state index is -0.527. The van der Waals surface area contributed by atoms with Crippen LogP contribution in [0.2, 0.25) is 0 Å². The quantitative estimate of drug-likeness (QED) is 0.844. The Morgan fingerprint density at radius 3 is 2.31 bits per heavy atom. The molecule has 4 rings (SSSR count). The number of carbonyl (C=O) groups excluding carboxylic acids is 1. The van der Waals surface area contributed by atoms with Crippen LogP contribution in [0.25, 0.3) is 0 Å². The molecule has 0 fully saturated rings. The fourth-order valence-corrected chi connectivity index (χ4v) is 4.48. The van der Waals surface area contributed by atoms with E-state index in [1.807, 2.05) is 24.3 Å². The standard InChI is InChI=1S/C22H25N3O4/c1-22(2)10-14-17(15(26)11-22)16(12-6-8-13(29-5)9-7-12)18-19(23-14)24(3)21(28)25(4)20(18)27/h6-9,16,23H,10-11H2,1-5H3/t16-/m1/s1. The van der Waals surface area contributed by atoms with Crippen LogP contribution >= 0.6 is 0 Å². The summed E-state index contributed by atoms with van der Waals surface area (Å²) >= 11 is 0. The molecule has 0 unspecified atom stereocenters. The van der Waals surface area contributed by atoms with Crippen LogP contribution < -0.4 is 21.3 Å². The normalized spacial score (nSPS) is 20.0. The number of methoxy groups -OCH3 is 1. The summed E-state index contributed by atoms with van der Waals surface area (Å²) in [5.74, 6) is 0.664. The highest BCUT2D eigenvalue weighted by Crippen LogP contribution is 2.47. The van der Waals surface area contributed by atoms with Crippen LogP contribution in [0.5, 0.6) is 5.75 Å². The largest absolute Gasteiger partial charge is 0.497 e. The van der Waals surface area contributed by atoms with Gasteiger partial charge in [0, 0.05) is 37.7 Å². The Bertz CT molecular complexity index is 1170. The summed E-state index contributed by atoms with van der Waals surface area (Å²) in [4.78, 5) is 38.9. The second-order valence-corrected chi connectivity index (χ2v) is 8.63. The summed E-state index contributed by atoms with van der Waals surface area (Å²) in [6.07, 6.45) is 1.09. The number of nitrogens with zero attached hydrogens (tertiary/aromatic N) is 2. The number of anilines is 1. The van der Waals surface area contributed by atoms with E-state index in [0.717, 1.165) is 15.8 Å². The summed E-state index contributed by atoms with van der Waals surface area (Å²) in [6, 6.07) is 7.39. The smallest absolute Gasteiger partial charge is 0.332 e. The van der Waals surface area contributed by atoms with Gasteiger partial charge in [-0.1, -0.05) is 26.0 Å². The maximum Gasteiger partial charge on any atom is 0.332 e. The Morgan fingerprint density at radius 2 is 1.69 bits per heavy atom. The van der Waals surface area contributed by atoms with Crippen molar-refractivity contribution < 1.29 is 9.53 Å². The lowest BCUT2D eigenvalue weighted by Gasteiger charge is -2.39. The number of hydrogen-bond acceptors (Lipinski definition) is 5. The summed E-state index contributed by atoms with van der Waals surface area (Å²) in [5.41, 5.74) is 1.68. The zero-order chi connectivity index (χ0) is 21.1. The first-order chi connectivity index (χ1) is 13.6. The van der Waals surface area contributed by atoms with Crippen molar-refractivity contribution in [3.05, 3.63) is 67.5 Å². The summed E-state index contributed by atoms with van der Waals surface area (Å²) < 4.78 is 7.80. The van der Waals surface area contributed by atoms with Crippen molar-refractivity contribution in [2.45, 2.75) is 32.6 Å². The molecule has 152 valence electrons. The van der Waals surface area contributed by atoms with E-state index < -0.39 is 11.6 Å². The molecular formula is C22H25N3O4. The first-order valence-corrected chi connectivity index (χ1v) is 9.62. The van der Waals surface area contributed by atoms with Crippen molar-refractivity contribution in [3.63, 3.8) is 0 Å². The maximum absolute atomic E-state index is 13.2. The van der Waals surface area contributed by atoms with Crippen molar-refractivity contribution >= 4 is 11.6 Å². The molecule has 1 aromatic carbocycles. The van der Waals surface area contributed by atoms with E-state index in [0.29, 0.717) is 35.5 Å². The van der Waals surface area contributed by atoms with Gasteiger partial charge in [0.1, 0.15) is 11.6 Å². The van der Waals surface area contributed by atoms with Gasteiger partial charge in [0.2, 0.25) is 0 Å². The second kappa shape index (κ2) is 6.47. The lowest BCUT2D eigenvalue weighted by molar-refractivity contribution is -0.118. The third kappa shape index (κ3) is 2.92. The molecule has 0 spiro atoms. The summed E-state index contributed by atoms with van der Waals surface area (Å²) in [7, 11) is 4.69. The van der Waals surface area contributed by atoms with Gasteiger partial charge in [-0.2, -0.15) is 0 Å². The topological polar surface area (TPSA) is 82.3 Å². The average molecular weight is 395 g/mol. The number of Topliss-reactive ketones (excluding diaryl/α,β-unsaturated/α-hetero) is 1. The van der Waals surface area contributed by atoms with Gasteiger partial charge in [0.25, 0.3) is 5.56 Å². The van der Waals surface area contributed by atoms with Crippen LogP contribution in [0.4, 0.5) is 5.82 Å². The second-order valence-electron chi connectivity index (χ2n) is 8.63. The molecule has 0 saturated carbocycles. The predicted octanol–water partition coefficient (Wildman–Crippen LogP) is 2.29. The number of fused-ring (bicyclic) bond motifs is 1. The Labute approximate surface area is 168 Å². The molecule has 2 heterocycles. The molecule has 0 radical (unpaired) electrons. The first kappa shape index (κ1) is 19.2. The fraction of sp³-hybridized carbons (Fsp3) is 0.409. The van der Waals surface area contributed by atoms with Crippen LogP contribution in [-0.2, 0) is 18.9 Å². The SMILES string of the molecule is COc1ccc([C@@H]2C3=C(CC(C)(C)CC3=O)Nc3c2c(=O)n(C)c(=O)n3C)cc1. The maximum atomic E-state index is 13.2. The van der Waals surface area contributed by atoms with Crippen molar-refractivity contribution in [1.29, 1.82) is 0 Å². The number of carbonyl (C=O) groups is 1. The average Bonchev–Trinajstić information content (AvgIpc) is 2.68. The van der Waals surface area contributed by atoms with Gasteiger partial charge < -0.3 is 10.1 Å². The molecule has 1 atom stereocenters. The highest BCUT2D eigenvalue weighted by molar-refractivity contribution is 6.01. The van der Waals surface area contributed by atoms with E-state index in [1.54, 1.807) is 14.2 Å². The number of benzene rings is 1. The van der Waals surface area contributed by atoms with E-state index in [4.69, 9.17) is 4.74 Å². The molecule has 1 N–H and O–H groups in total. The third-order valence-corrected chi connectivity index (χ3v) is 5.92. The lowest BCUT2D eigenvalue weighted by Crippen LogP contribution is -2.45. The van der Waals surface area contributed by atoms with E-state index in [9.17, 15) is 14.4 Å². The molecule has 0 saturated heterocycles. The van der Waals surface area contributed by atoms with Crippen molar-refractivity contribution in [3.8, 4) is 5.75 Å². The molecule has 7 heteroatoms. The number of allylic oxidation sites excluding steroid dienone is 2. The van der Waals surface area contributed by atoms with Gasteiger partial charge in [-0.25, -0.2) is 4.79 Å². The van der Waals surface area contributed by atoms with Crippen LogP contribution in [-0.4, -0.2) is 22.0 Å². The molecular weight excluding hydrogens is 370 g/mol. The monoisotopic (exact) mass is 395 g/mol. The lowest BCUT2D eigenvalue weighted by atomic mass is 9.69. The minimum Gasteiger partial charge on any atom is -0.497 e. The minimum absolute atomic E-state index is 0.0334. The number of ether oxygens (including phenoxy) is 1. The van der Waals surface area contributed by atoms with Crippen LogP contribution in [0.3, 0.4) is 0 Å². The van der Waals surface area contributed by atoms with Crippen LogP contribution in [0, 0.1) is 5.41 Å². The molecule has 1 aliphatic heterocycles. The van der Waals surface area contributed by atoms with E-state index in [-0.39, 0.29) is 16.8 Å². The highest BCUT2D eigenvalue weighted by atomic mass is 16.5. The molecule has 2 aromatic rings. The van der Waals surface area contributed by atoms with E-state index >= 15 is 0 Å². The highest BCUT2D eigenvalue weighted by Gasteiger charge is 2.42. The summed E-state index contributed by atoms with van der Waals surface area (Å²) in [5, 5.41) is 3.27. The van der Waals surface area contributed by atoms with Gasteiger partial charge in [0.05, 0.1) is 12.7 Å². The Kier molecular flexibility index (Phi) is 4.29. The molecule has 7 nitrogen and oxygen atoms in total. The number of hydrogen-bond donors (Lipinski definition) is 1. The number of ketones is 1. The van der Waals surface area contributed by atoms with Gasteiger partial charge in [-0.05, 0) is 29.5 Å². The van der Waals surface area contributed by atoms with Gasteiger partial charge in [0.15, 0.2) is 5.78 Å². The predicted molar refractivity (Wildman–Crippen MR) is 110 cm³/mol. The zero-order valence-electron chi connectivity index (χ0n) is 17.3. The zero-order valence-corrected chi connectivity index (χ0v) is 17.3. The van der Waals surface area contributed by atoms with Crippen molar-refractivity contribution in [1.82, 2.24) is 9.13 Å². The summed E-state index contributed by atoms with van der Waals surface area (Å²) in [6.45, 7) is 4.11. The van der Waals surface area contributed by atoms with Gasteiger partial charge in [-0.3, -0.25) is 18.7 Å². The number of rotatable bonds is 2. The van der Waals surface area contributed by atoms with Crippen molar-refractivity contribution in [2.75, 3.05) is 12.4 Å². The number of nitrogens with one attached hydrogen (secondary N) is 1. The molecule has 1 aromatic heterocycles. The first-order valence-electron chi connectivity index (χ1n) is 9.62. The Hall–Kier alpha value is -3.09. The van der Waals surface area contributed by atoms with Crippen LogP contribution in [0.15, 0.2) is 45.1 Å². The molecule has 2 aliphatic rings.